The predicted octanol–water partition coefficient (Wildman–Crippen LogP) is 3.19. The summed E-state index contributed by atoms with van der Waals surface area (Å²) >= 11 is 0. The number of ketones is 1. The highest BCUT2D eigenvalue weighted by molar-refractivity contribution is 5.93. The predicted molar refractivity (Wildman–Crippen MR) is 67.8 cm³/mol. The average molecular weight is 230 g/mol. The SMILES string of the molecule is Cc1ccccc1CCC(=O)C1=CCCCO1. The van der Waals surface area contributed by atoms with Crippen molar-refractivity contribution >= 4 is 5.78 Å². The lowest BCUT2D eigenvalue weighted by Gasteiger charge is -2.13. The molecule has 1 aliphatic heterocycles. The fourth-order valence-corrected chi connectivity index (χ4v) is 2.01. The third-order valence-electron chi connectivity index (χ3n) is 3.09. The van der Waals surface area contributed by atoms with Gasteiger partial charge in [0, 0.05) is 6.42 Å². The Labute approximate surface area is 102 Å². The van der Waals surface area contributed by atoms with E-state index in [-0.39, 0.29) is 5.78 Å². The Morgan fingerprint density at radius 3 is 2.88 bits per heavy atom. The van der Waals surface area contributed by atoms with Gasteiger partial charge in [0.05, 0.1) is 6.61 Å². The maximum Gasteiger partial charge on any atom is 0.197 e. The Kier molecular flexibility index (Phi) is 3.97. The summed E-state index contributed by atoms with van der Waals surface area (Å²) in [6, 6.07) is 8.20. The zero-order valence-corrected chi connectivity index (χ0v) is 10.2. The molecule has 0 amide bonds. The summed E-state index contributed by atoms with van der Waals surface area (Å²) in [5, 5.41) is 0. The van der Waals surface area contributed by atoms with E-state index in [1.165, 1.54) is 11.1 Å². The van der Waals surface area contributed by atoms with E-state index < -0.39 is 0 Å². The second kappa shape index (κ2) is 5.67. The molecule has 0 saturated heterocycles. The summed E-state index contributed by atoms with van der Waals surface area (Å²) in [6.07, 6.45) is 5.24. The lowest BCUT2D eigenvalue weighted by molar-refractivity contribution is -0.119. The fraction of sp³-hybridized carbons (Fsp3) is 0.400. The second-order valence-electron chi connectivity index (χ2n) is 4.41. The number of hydrogen-bond donors (Lipinski definition) is 0. The number of ether oxygens (including phenoxy) is 1. The van der Waals surface area contributed by atoms with Gasteiger partial charge in [0.25, 0.3) is 0 Å². The molecular weight excluding hydrogens is 212 g/mol. The minimum absolute atomic E-state index is 0.132. The molecule has 1 aliphatic rings. The molecule has 17 heavy (non-hydrogen) atoms. The molecule has 1 heterocycles. The molecule has 0 spiro atoms. The third-order valence-corrected chi connectivity index (χ3v) is 3.09. The number of Topliss-reactive ketones (excluding diaryl/α,β-unsaturated/α-hetero) is 1. The van der Waals surface area contributed by atoms with Gasteiger partial charge in [-0.1, -0.05) is 24.3 Å². The van der Waals surface area contributed by atoms with Crippen LogP contribution in [0.25, 0.3) is 0 Å². The van der Waals surface area contributed by atoms with Crippen molar-refractivity contribution in [1.29, 1.82) is 0 Å². The van der Waals surface area contributed by atoms with E-state index in [4.69, 9.17) is 4.74 Å². The van der Waals surface area contributed by atoms with Gasteiger partial charge in [-0.2, -0.15) is 0 Å². The van der Waals surface area contributed by atoms with Crippen LogP contribution in [-0.4, -0.2) is 12.4 Å². The summed E-state index contributed by atoms with van der Waals surface area (Å²) in [6.45, 7) is 2.76. The van der Waals surface area contributed by atoms with Crippen molar-refractivity contribution in [3.63, 3.8) is 0 Å². The van der Waals surface area contributed by atoms with Crippen LogP contribution in [0, 0.1) is 6.92 Å². The Hall–Kier alpha value is -1.57. The van der Waals surface area contributed by atoms with Gasteiger partial charge in [-0.3, -0.25) is 4.79 Å². The number of carbonyl (C=O) groups excluding carboxylic acids is 1. The zero-order valence-electron chi connectivity index (χ0n) is 10.2. The van der Waals surface area contributed by atoms with Crippen LogP contribution in [-0.2, 0) is 16.0 Å². The van der Waals surface area contributed by atoms with Crippen molar-refractivity contribution in [2.45, 2.75) is 32.6 Å². The molecule has 0 radical (unpaired) electrons. The van der Waals surface area contributed by atoms with Crippen LogP contribution in [0.2, 0.25) is 0 Å². The van der Waals surface area contributed by atoms with Gasteiger partial charge in [0.1, 0.15) is 0 Å². The molecule has 90 valence electrons. The number of carbonyl (C=O) groups is 1. The number of aryl methyl sites for hydroxylation is 2. The van der Waals surface area contributed by atoms with Crippen LogP contribution in [0.4, 0.5) is 0 Å². The fourth-order valence-electron chi connectivity index (χ4n) is 2.01. The quantitative estimate of drug-likeness (QED) is 0.794. The van der Waals surface area contributed by atoms with E-state index in [1.54, 1.807) is 0 Å². The first-order valence-electron chi connectivity index (χ1n) is 6.18. The molecule has 2 heteroatoms. The topological polar surface area (TPSA) is 26.3 Å². The van der Waals surface area contributed by atoms with E-state index in [1.807, 2.05) is 18.2 Å². The first kappa shape index (κ1) is 11.9. The Morgan fingerprint density at radius 2 is 2.18 bits per heavy atom. The molecule has 0 aromatic heterocycles. The lowest BCUT2D eigenvalue weighted by atomic mass is 10.0. The molecule has 0 saturated carbocycles. The number of rotatable bonds is 4. The number of benzene rings is 1. The highest BCUT2D eigenvalue weighted by Crippen LogP contribution is 2.15. The first-order valence-corrected chi connectivity index (χ1v) is 6.18. The molecular formula is C15H18O2. The summed E-state index contributed by atoms with van der Waals surface area (Å²) in [5.74, 6) is 0.706. The van der Waals surface area contributed by atoms with Crippen molar-refractivity contribution in [2.24, 2.45) is 0 Å². The molecule has 0 aliphatic carbocycles. The lowest BCUT2D eigenvalue weighted by Crippen LogP contribution is -2.11. The second-order valence-corrected chi connectivity index (χ2v) is 4.41. The molecule has 1 aromatic rings. The molecule has 2 rings (SSSR count). The normalized spacial score (nSPS) is 15.0. The minimum atomic E-state index is 0.132. The average Bonchev–Trinajstić information content (AvgIpc) is 2.38. The molecule has 0 atom stereocenters. The maximum absolute atomic E-state index is 11.9. The standard InChI is InChI=1S/C15H18O2/c1-12-6-2-3-7-13(12)9-10-14(16)15-8-4-5-11-17-15/h2-3,6-8H,4-5,9-11H2,1H3. The van der Waals surface area contributed by atoms with Crippen LogP contribution >= 0.6 is 0 Å². The largest absolute Gasteiger partial charge is 0.490 e. The van der Waals surface area contributed by atoms with Crippen molar-refractivity contribution in [1.82, 2.24) is 0 Å². The molecule has 1 aromatic carbocycles. The Morgan fingerprint density at radius 1 is 1.35 bits per heavy atom. The summed E-state index contributed by atoms with van der Waals surface area (Å²) < 4.78 is 5.37. The van der Waals surface area contributed by atoms with Gasteiger partial charge in [-0.25, -0.2) is 0 Å². The number of hydrogen-bond acceptors (Lipinski definition) is 2. The summed E-state index contributed by atoms with van der Waals surface area (Å²) in [7, 11) is 0. The van der Waals surface area contributed by atoms with E-state index >= 15 is 0 Å². The van der Waals surface area contributed by atoms with Gasteiger partial charge in [0.2, 0.25) is 0 Å². The molecule has 0 fully saturated rings. The Bertz CT molecular complexity index is 432. The van der Waals surface area contributed by atoms with Crippen molar-refractivity contribution < 1.29 is 9.53 Å². The van der Waals surface area contributed by atoms with Crippen LogP contribution in [0.3, 0.4) is 0 Å². The smallest absolute Gasteiger partial charge is 0.197 e. The summed E-state index contributed by atoms with van der Waals surface area (Å²) in [5.41, 5.74) is 2.50. The van der Waals surface area contributed by atoms with Gasteiger partial charge in [-0.05, 0) is 43.4 Å². The number of allylic oxidation sites excluding steroid dienone is 2. The van der Waals surface area contributed by atoms with Crippen LogP contribution < -0.4 is 0 Å². The maximum atomic E-state index is 11.9. The van der Waals surface area contributed by atoms with E-state index in [0.717, 1.165) is 19.3 Å². The highest BCUT2D eigenvalue weighted by atomic mass is 16.5. The van der Waals surface area contributed by atoms with Crippen molar-refractivity contribution in [3.05, 3.63) is 47.2 Å². The monoisotopic (exact) mass is 230 g/mol. The van der Waals surface area contributed by atoms with Gasteiger partial charge in [-0.15, -0.1) is 0 Å². The van der Waals surface area contributed by atoms with Crippen molar-refractivity contribution in [3.8, 4) is 0 Å². The molecule has 0 bridgehead atoms. The van der Waals surface area contributed by atoms with Crippen LogP contribution in [0.15, 0.2) is 36.1 Å². The van der Waals surface area contributed by atoms with Gasteiger partial charge in [0.15, 0.2) is 11.5 Å². The van der Waals surface area contributed by atoms with E-state index in [0.29, 0.717) is 18.8 Å². The van der Waals surface area contributed by atoms with E-state index in [2.05, 4.69) is 19.1 Å². The van der Waals surface area contributed by atoms with E-state index in [9.17, 15) is 4.79 Å². The van der Waals surface area contributed by atoms with Gasteiger partial charge >= 0.3 is 0 Å². The minimum Gasteiger partial charge on any atom is -0.490 e. The third kappa shape index (κ3) is 3.19. The van der Waals surface area contributed by atoms with Crippen LogP contribution in [0.5, 0.6) is 0 Å². The highest BCUT2D eigenvalue weighted by Gasteiger charge is 2.13. The van der Waals surface area contributed by atoms with Crippen molar-refractivity contribution in [2.75, 3.05) is 6.61 Å². The van der Waals surface area contributed by atoms with Crippen LogP contribution in [0.1, 0.15) is 30.4 Å². The Balaban J connectivity index is 1.92. The molecule has 2 nitrogen and oxygen atoms in total. The summed E-state index contributed by atoms with van der Waals surface area (Å²) in [4.78, 5) is 11.9. The first-order chi connectivity index (χ1) is 8.27. The van der Waals surface area contributed by atoms with Gasteiger partial charge < -0.3 is 4.74 Å². The molecule has 0 N–H and O–H groups in total. The zero-order chi connectivity index (χ0) is 12.1. The molecule has 0 unspecified atom stereocenters.